The zero-order chi connectivity index (χ0) is 16.8. The molecule has 2 aromatic rings. The number of hydrogen-bond donors (Lipinski definition) is 0. The van der Waals surface area contributed by atoms with Crippen molar-refractivity contribution >= 4 is 29.1 Å². The van der Waals surface area contributed by atoms with Crippen molar-refractivity contribution in [1.29, 1.82) is 0 Å². The highest BCUT2D eigenvalue weighted by Crippen LogP contribution is 2.33. The first kappa shape index (κ1) is 15.1. The summed E-state index contributed by atoms with van der Waals surface area (Å²) in [5.41, 5.74) is 1.99. The Morgan fingerprint density at radius 1 is 1.21 bits per heavy atom. The van der Waals surface area contributed by atoms with E-state index in [2.05, 4.69) is 6.92 Å². The maximum absolute atomic E-state index is 12.5. The van der Waals surface area contributed by atoms with Gasteiger partial charge in [0.25, 0.3) is 11.8 Å². The predicted octanol–water partition coefficient (Wildman–Crippen LogP) is 3.24. The maximum atomic E-state index is 12.5. The molecule has 1 aliphatic heterocycles. The number of rotatable bonds is 2. The number of hydroxylamine groups is 2. The summed E-state index contributed by atoms with van der Waals surface area (Å²) < 4.78 is 0. The van der Waals surface area contributed by atoms with Gasteiger partial charge in [-0.2, -0.15) is 0 Å². The van der Waals surface area contributed by atoms with Crippen LogP contribution >= 0.6 is 11.3 Å². The van der Waals surface area contributed by atoms with Crippen LogP contribution in [0.4, 0.5) is 0 Å². The van der Waals surface area contributed by atoms with Gasteiger partial charge >= 0.3 is 5.97 Å². The van der Waals surface area contributed by atoms with E-state index < -0.39 is 17.8 Å². The minimum absolute atomic E-state index is 0.261. The zero-order valence-electron chi connectivity index (χ0n) is 13.1. The summed E-state index contributed by atoms with van der Waals surface area (Å²) in [4.78, 5) is 43.4. The van der Waals surface area contributed by atoms with Gasteiger partial charge in [0.05, 0.1) is 16.7 Å². The van der Waals surface area contributed by atoms with Crippen LogP contribution in [-0.4, -0.2) is 22.8 Å². The smallest absolute Gasteiger partial charge is 0.324 e. The minimum atomic E-state index is -0.642. The third kappa shape index (κ3) is 2.26. The van der Waals surface area contributed by atoms with Crippen molar-refractivity contribution in [3.63, 3.8) is 0 Å². The van der Waals surface area contributed by atoms with E-state index in [0.717, 1.165) is 24.8 Å². The Kier molecular flexibility index (Phi) is 3.49. The van der Waals surface area contributed by atoms with Crippen molar-refractivity contribution in [3.05, 3.63) is 56.8 Å². The van der Waals surface area contributed by atoms with Crippen LogP contribution < -0.4 is 0 Å². The molecule has 6 heteroatoms. The van der Waals surface area contributed by atoms with Crippen molar-refractivity contribution in [2.75, 3.05) is 0 Å². The summed E-state index contributed by atoms with van der Waals surface area (Å²) in [7, 11) is 0. The number of hydrogen-bond acceptors (Lipinski definition) is 5. The molecule has 5 nitrogen and oxygen atoms in total. The second-order valence-electron chi connectivity index (χ2n) is 6.23. The third-order valence-corrected chi connectivity index (χ3v) is 5.60. The van der Waals surface area contributed by atoms with Gasteiger partial charge in [-0.3, -0.25) is 9.59 Å². The second-order valence-corrected chi connectivity index (χ2v) is 7.19. The molecule has 4 rings (SSSR count). The summed E-state index contributed by atoms with van der Waals surface area (Å²) >= 11 is 1.54. The van der Waals surface area contributed by atoms with Gasteiger partial charge in [0.1, 0.15) is 0 Å². The Bertz CT molecular complexity index is 835. The molecule has 122 valence electrons. The van der Waals surface area contributed by atoms with Gasteiger partial charge in [-0.15, -0.1) is 11.3 Å². The lowest BCUT2D eigenvalue weighted by Crippen LogP contribution is -2.33. The Morgan fingerprint density at radius 2 is 1.88 bits per heavy atom. The first-order valence-corrected chi connectivity index (χ1v) is 8.73. The number of thiophene rings is 1. The molecule has 1 atom stereocenters. The molecule has 0 saturated heterocycles. The summed E-state index contributed by atoms with van der Waals surface area (Å²) in [5, 5.41) is 2.34. The lowest BCUT2D eigenvalue weighted by molar-refractivity contribution is -0.0585. The van der Waals surface area contributed by atoms with Gasteiger partial charge in [0.15, 0.2) is 0 Å². The SMILES string of the molecule is CC1CCc2c(C(=O)ON3C(=O)c4ccccc4C3=O)csc2C1. The van der Waals surface area contributed by atoms with E-state index in [1.807, 2.05) is 0 Å². The first-order valence-electron chi connectivity index (χ1n) is 7.85. The fourth-order valence-corrected chi connectivity index (χ4v) is 4.46. The van der Waals surface area contributed by atoms with Gasteiger partial charge in [0, 0.05) is 10.3 Å². The topological polar surface area (TPSA) is 63.7 Å². The normalized spacial score (nSPS) is 19.2. The molecule has 2 heterocycles. The lowest BCUT2D eigenvalue weighted by Gasteiger charge is -2.19. The van der Waals surface area contributed by atoms with Crippen LogP contribution in [-0.2, 0) is 17.7 Å². The average molecular weight is 341 g/mol. The van der Waals surface area contributed by atoms with Crippen molar-refractivity contribution in [2.45, 2.75) is 26.2 Å². The van der Waals surface area contributed by atoms with Crippen LogP contribution in [0.1, 0.15) is 54.9 Å². The van der Waals surface area contributed by atoms with Crippen molar-refractivity contribution in [3.8, 4) is 0 Å². The van der Waals surface area contributed by atoms with Crippen LogP contribution in [0.15, 0.2) is 29.6 Å². The summed E-state index contributed by atoms with van der Waals surface area (Å²) in [5.74, 6) is -1.23. The minimum Gasteiger partial charge on any atom is -0.324 e. The molecule has 1 unspecified atom stereocenters. The maximum Gasteiger partial charge on any atom is 0.365 e. The molecular weight excluding hydrogens is 326 g/mol. The molecule has 0 N–H and O–H groups in total. The molecular formula is C18H15NO4S. The summed E-state index contributed by atoms with van der Waals surface area (Å²) in [6.07, 6.45) is 2.81. The molecule has 2 amide bonds. The number of fused-ring (bicyclic) bond motifs is 2. The highest BCUT2D eigenvalue weighted by molar-refractivity contribution is 7.10. The molecule has 0 spiro atoms. The molecule has 1 aromatic carbocycles. The van der Waals surface area contributed by atoms with Gasteiger partial charge in [-0.25, -0.2) is 4.79 Å². The quantitative estimate of drug-likeness (QED) is 0.787. The van der Waals surface area contributed by atoms with E-state index in [1.165, 1.54) is 4.88 Å². The second kappa shape index (κ2) is 5.56. The van der Waals surface area contributed by atoms with Crippen LogP contribution in [0.2, 0.25) is 0 Å². The highest BCUT2D eigenvalue weighted by atomic mass is 32.1. The van der Waals surface area contributed by atoms with E-state index in [4.69, 9.17) is 4.84 Å². The Hall–Kier alpha value is -2.47. The molecule has 24 heavy (non-hydrogen) atoms. The summed E-state index contributed by atoms with van der Waals surface area (Å²) in [6.45, 7) is 2.19. The van der Waals surface area contributed by atoms with Crippen molar-refractivity contribution < 1.29 is 19.2 Å². The average Bonchev–Trinajstić information content (AvgIpc) is 3.10. The zero-order valence-corrected chi connectivity index (χ0v) is 13.9. The number of carbonyl (C=O) groups is 3. The van der Waals surface area contributed by atoms with Crippen LogP contribution in [0, 0.1) is 5.92 Å². The van der Waals surface area contributed by atoms with E-state index in [9.17, 15) is 14.4 Å². The van der Waals surface area contributed by atoms with Crippen LogP contribution in [0.5, 0.6) is 0 Å². The standard InChI is InChI=1S/C18H15NO4S/c1-10-6-7-11-14(9-24-15(11)8-10)18(22)23-19-16(20)12-4-2-3-5-13(12)17(19)21/h2-5,9-10H,6-8H2,1H3. The van der Waals surface area contributed by atoms with E-state index in [-0.39, 0.29) is 11.1 Å². The molecule has 2 aliphatic rings. The predicted molar refractivity (Wildman–Crippen MR) is 87.9 cm³/mol. The number of amides is 2. The fraction of sp³-hybridized carbons (Fsp3) is 0.278. The number of imide groups is 1. The summed E-state index contributed by atoms with van der Waals surface area (Å²) in [6, 6.07) is 6.45. The van der Waals surface area contributed by atoms with Gasteiger partial charge in [-0.05, 0) is 42.9 Å². The molecule has 1 aromatic heterocycles. The van der Waals surface area contributed by atoms with Gasteiger partial charge < -0.3 is 4.84 Å². The van der Waals surface area contributed by atoms with Crippen LogP contribution in [0.3, 0.4) is 0 Å². The van der Waals surface area contributed by atoms with E-state index >= 15 is 0 Å². The monoisotopic (exact) mass is 341 g/mol. The third-order valence-electron chi connectivity index (χ3n) is 4.55. The first-order chi connectivity index (χ1) is 11.6. The van der Waals surface area contributed by atoms with Crippen molar-refractivity contribution in [2.24, 2.45) is 5.92 Å². The number of nitrogens with zero attached hydrogens (tertiary/aromatic N) is 1. The lowest BCUT2D eigenvalue weighted by atomic mass is 9.89. The number of carbonyl (C=O) groups excluding carboxylic acids is 3. The Balaban J connectivity index is 1.58. The fourth-order valence-electron chi connectivity index (χ4n) is 3.23. The molecule has 0 radical (unpaired) electrons. The van der Waals surface area contributed by atoms with E-state index in [0.29, 0.717) is 16.5 Å². The molecule has 0 fully saturated rings. The number of benzene rings is 1. The molecule has 1 aliphatic carbocycles. The Labute approximate surface area is 142 Å². The Morgan fingerprint density at radius 3 is 2.54 bits per heavy atom. The van der Waals surface area contributed by atoms with Crippen molar-refractivity contribution in [1.82, 2.24) is 5.06 Å². The van der Waals surface area contributed by atoms with Gasteiger partial charge in [0.2, 0.25) is 0 Å². The van der Waals surface area contributed by atoms with Crippen LogP contribution in [0.25, 0.3) is 0 Å². The van der Waals surface area contributed by atoms with E-state index in [1.54, 1.807) is 41.0 Å². The molecule has 0 saturated carbocycles. The molecule has 0 bridgehead atoms. The van der Waals surface area contributed by atoms with Gasteiger partial charge in [-0.1, -0.05) is 24.1 Å². The highest BCUT2D eigenvalue weighted by Gasteiger charge is 2.39. The largest absolute Gasteiger partial charge is 0.365 e.